The number of ether oxygens (including phenoxy) is 3. The molecule has 0 spiro atoms. The van der Waals surface area contributed by atoms with E-state index in [2.05, 4.69) is 9.98 Å². The highest BCUT2D eigenvalue weighted by atomic mass is 32.2. The van der Waals surface area contributed by atoms with Crippen molar-refractivity contribution < 1.29 is 33.4 Å². The summed E-state index contributed by atoms with van der Waals surface area (Å²) in [5, 5.41) is 1.30. The molecule has 8 rings (SSSR count). The van der Waals surface area contributed by atoms with Crippen molar-refractivity contribution in [2.75, 3.05) is 13.1 Å². The van der Waals surface area contributed by atoms with E-state index >= 15 is 0 Å². The maximum Gasteiger partial charge on any atom is 0.367 e. The standard InChI is InChI=1S/C37H26N4O7S7/c1-3-40-31(42)29(54-35(40)49)38-23-15-21-26(52-23)28-25(27-22(51-28)16-24(53-27)39-30-32(43)41(4-2)36(50)55-30)48-37(21,33(44)46-17-19-11-7-5-8-12-19)34(45)47-18-20-13-9-6-10-14-20/h5-16H,3-4,17-18H2,1-2H3/b38-29-,39-30-. The van der Waals surface area contributed by atoms with Crippen LogP contribution < -0.4 is 4.74 Å². The highest BCUT2D eigenvalue weighted by Crippen LogP contribution is 2.60. The molecule has 2 fully saturated rings. The fourth-order valence-electron chi connectivity index (χ4n) is 5.91. The van der Waals surface area contributed by atoms with E-state index in [1.807, 2.05) is 56.3 Å². The van der Waals surface area contributed by atoms with Crippen LogP contribution in [0, 0.1) is 0 Å². The zero-order chi connectivity index (χ0) is 38.4. The van der Waals surface area contributed by atoms with Crippen molar-refractivity contribution in [3.8, 4) is 15.5 Å². The summed E-state index contributed by atoms with van der Waals surface area (Å²) in [6.45, 7) is 4.20. The van der Waals surface area contributed by atoms with Crippen LogP contribution in [0.3, 0.4) is 0 Å². The summed E-state index contributed by atoms with van der Waals surface area (Å²) >= 11 is 16.8. The number of fused-ring (bicyclic) bond motifs is 5. The quantitative estimate of drug-likeness (QED) is 0.0761. The zero-order valence-electron chi connectivity index (χ0n) is 28.8. The molecule has 0 aliphatic carbocycles. The predicted octanol–water partition coefficient (Wildman–Crippen LogP) is 8.59. The topological polar surface area (TPSA) is 127 Å². The summed E-state index contributed by atoms with van der Waals surface area (Å²) in [5.74, 6) is -2.31. The highest BCUT2D eigenvalue weighted by Gasteiger charge is 2.59. The summed E-state index contributed by atoms with van der Waals surface area (Å²) in [7, 11) is 0. The van der Waals surface area contributed by atoms with Crippen LogP contribution in [0.15, 0.2) is 82.8 Å². The van der Waals surface area contributed by atoms with Crippen molar-refractivity contribution in [3.63, 3.8) is 0 Å². The number of hydrogen-bond acceptors (Lipinski definition) is 16. The van der Waals surface area contributed by atoms with Gasteiger partial charge in [0, 0.05) is 18.7 Å². The van der Waals surface area contributed by atoms with Crippen molar-refractivity contribution in [1.29, 1.82) is 0 Å². The summed E-state index contributed by atoms with van der Waals surface area (Å²) in [4.78, 5) is 68.8. The van der Waals surface area contributed by atoms with Crippen molar-refractivity contribution >= 4 is 144 Å². The molecule has 2 amide bonds. The Labute approximate surface area is 345 Å². The minimum absolute atomic E-state index is 0.143. The number of thioether (sulfide) groups is 2. The number of benzene rings is 2. The normalized spacial score (nSPS) is 17.6. The number of esters is 2. The largest absolute Gasteiger partial charge is 0.457 e. The van der Waals surface area contributed by atoms with Crippen LogP contribution in [0.25, 0.3) is 19.2 Å². The third-order valence-corrected chi connectivity index (χ3v) is 14.7. The Morgan fingerprint density at radius 2 is 1.24 bits per heavy atom. The van der Waals surface area contributed by atoms with Crippen molar-refractivity contribution in [2.45, 2.75) is 32.7 Å². The number of carbonyl (C=O) groups is 4. The molecule has 0 atom stereocenters. The number of thiophene rings is 3. The van der Waals surface area contributed by atoms with Gasteiger partial charge in [-0.25, -0.2) is 19.6 Å². The van der Waals surface area contributed by atoms with Gasteiger partial charge in [-0.2, -0.15) is 0 Å². The van der Waals surface area contributed by atoms with Gasteiger partial charge >= 0.3 is 17.5 Å². The molecule has 0 radical (unpaired) electrons. The third kappa shape index (κ3) is 6.83. The first-order valence-corrected chi connectivity index (χ1v) is 21.6. The molecule has 3 aliphatic heterocycles. The van der Waals surface area contributed by atoms with E-state index in [9.17, 15) is 19.2 Å². The molecule has 3 aliphatic rings. The van der Waals surface area contributed by atoms with Crippen molar-refractivity contribution in [1.82, 2.24) is 9.80 Å². The Morgan fingerprint density at radius 3 is 1.73 bits per heavy atom. The summed E-state index contributed by atoms with van der Waals surface area (Å²) < 4.78 is 20.7. The number of hydrogen-bond donors (Lipinski definition) is 0. The molecule has 2 saturated heterocycles. The van der Waals surface area contributed by atoms with Gasteiger partial charge in [-0.3, -0.25) is 19.4 Å². The molecule has 0 unspecified atom stereocenters. The Morgan fingerprint density at radius 1 is 0.727 bits per heavy atom. The van der Waals surface area contributed by atoms with Crippen LogP contribution in [0.1, 0.15) is 30.5 Å². The maximum absolute atomic E-state index is 14.6. The van der Waals surface area contributed by atoms with Crippen LogP contribution in [0.4, 0.5) is 10.0 Å². The fraction of sp³-hybridized carbons (Fsp3) is 0.189. The molecule has 2 aromatic carbocycles. The molecule has 11 nitrogen and oxygen atoms in total. The Hall–Kier alpha value is -4.30. The molecule has 0 bridgehead atoms. The SMILES string of the molecule is CCN1C(=O)/C(=N/c2cc3c(s2)-c2sc4cc(/N=C5\SC(=S)N(CC)C5=O)sc4c2OC3(C(=O)OCc2ccccc2)C(=O)OCc2ccccc2)SC1=S. The number of carbonyl (C=O) groups excluding carboxylic acids is 4. The Balaban J connectivity index is 1.26. The minimum atomic E-state index is -2.42. The first-order chi connectivity index (χ1) is 26.6. The van der Waals surface area contributed by atoms with Crippen LogP contribution in [0.2, 0.25) is 0 Å². The molecule has 18 heteroatoms. The van der Waals surface area contributed by atoms with Gasteiger partial charge in [-0.15, -0.1) is 34.0 Å². The Kier molecular flexibility index (Phi) is 10.5. The van der Waals surface area contributed by atoms with Gasteiger partial charge in [-0.05, 0) is 60.6 Å². The van der Waals surface area contributed by atoms with Crippen LogP contribution in [0.5, 0.6) is 5.75 Å². The molecule has 0 N–H and O–H groups in total. The number of aliphatic imine (C=N–C) groups is 2. The van der Waals surface area contributed by atoms with Gasteiger partial charge in [0.05, 0.1) is 19.2 Å². The molecule has 55 heavy (non-hydrogen) atoms. The number of rotatable bonds is 10. The number of amides is 2. The highest BCUT2D eigenvalue weighted by molar-refractivity contribution is 8.35. The molecule has 6 heterocycles. The van der Waals surface area contributed by atoms with E-state index in [0.717, 1.165) is 28.2 Å². The first kappa shape index (κ1) is 37.6. The van der Waals surface area contributed by atoms with Crippen LogP contribution in [-0.2, 0) is 47.5 Å². The molecule has 3 aromatic heterocycles. The second-order valence-electron chi connectivity index (χ2n) is 11.9. The molecule has 5 aromatic rings. The smallest absolute Gasteiger partial charge is 0.367 e. The minimum Gasteiger partial charge on any atom is -0.457 e. The van der Waals surface area contributed by atoms with Crippen molar-refractivity contribution in [2.24, 2.45) is 9.98 Å². The Bertz CT molecular complexity index is 2430. The van der Waals surface area contributed by atoms with Crippen LogP contribution in [-0.4, -0.2) is 65.4 Å². The monoisotopic (exact) mass is 862 g/mol. The van der Waals surface area contributed by atoms with Crippen molar-refractivity contribution in [3.05, 3.63) is 89.5 Å². The third-order valence-electron chi connectivity index (χ3n) is 8.59. The maximum atomic E-state index is 14.6. The van der Waals surface area contributed by atoms with E-state index in [0.29, 0.717) is 57.3 Å². The number of nitrogens with zero attached hydrogens (tertiary/aromatic N) is 4. The van der Waals surface area contributed by atoms with Gasteiger partial charge in [0.15, 0.2) is 15.8 Å². The average molecular weight is 863 g/mol. The van der Waals surface area contributed by atoms with Gasteiger partial charge in [0.2, 0.25) is 0 Å². The lowest BCUT2D eigenvalue weighted by atomic mass is 9.91. The lowest BCUT2D eigenvalue weighted by Crippen LogP contribution is -2.52. The van der Waals surface area contributed by atoms with E-state index in [1.165, 1.54) is 43.8 Å². The van der Waals surface area contributed by atoms with E-state index in [4.69, 9.17) is 38.6 Å². The lowest BCUT2D eigenvalue weighted by Gasteiger charge is -2.33. The van der Waals surface area contributed by atoms with Gasteiger partial charge in [0.1, 0.15) is 31.9 Å². The molecular formula is C37H26N4O7S7. The summed E-state index contributed by atoms with van der Waals surface area (Å²) in [5.41, 5.74) is -0.841. The second kappa shape index (κ2) is 15.3. The zero-order valence-corrected chi connectivity index (χ0v) is 34.5. The molecule has 0 saturated carbocycles. The second-order valence-corrected chi connectivity index (χ2v) is 18.3. The van der Waals surface area contributed by atoms with E-state index in [-0.39, 0.29) is 46.4 Å². The summed E-state index contributed by atoms with van der Waals surface area (Å²) in [6.07, 6.45) is 0. The predicted molar refractivity (Wildman–Crippen MR) is 227 cm³/mol. The van der Waals surface area contributed by atoms with Gasteiger partial charge in [0.25, 0.3) is 11.8 Å². The lowest BCUT2D eigenvalue weighted by molar-refractivity contribution is -0.183. The van der Waals surface area contributed by atoms with E-state index < -0.39 is 17.5 Å². The van der Waals surface area contributed by atoms with Gasteiger partial charge in [-0.1, -0.05) is 85.1 Å². The molecular weight excluding hydrogens is 837 g/mol. The average Bonchev–Trinajstić information content (AvgIpc) is 3.98. The summed E-state index contributed by atoms with van der Waals surface area (Å²) in [6, 6.07) is 21.6. The molecule has 278 valence electrons. The van der Waals surface area contributed by atoms with Crippen LogP contribution >= 0.6 is 82.0 Å². The van der Waals surface area contributed by atoms with E-state index in [1.54, 1.807) is 30.3 Å². The first-order valence-electron chi connectivity index (χ1n) is 16.7. The fourth-order valence-corrected chi connectivity index (χ4v) is 12.2. The number of thiocarbonyl (C=S) groups is 2. The van der Waals surface area contributed by atoms with Gasteiger partial charge < -0.3 is 14.2 Å².